The number of primary amides is 1. The molecule has 2 heterocycles. The molecule has 1 aliphatic heterocycles. The van der Waals surface area contributed by atoms with Crippen molar-refractivity contribution in [3.8, 4) is 0 Å². The van der Waals surface area contributed by atoms with Gasteiger partial charge in [0.25, 0.3) is 6.43 Å². The number of amides is 1. The molecule has 1 atom stereocenters. The number of aromatic nitrogens is 1. The van der Waals surface area contributed by atoms with Gasteiger partial charge in [0.2, 0.25) is 0 Å². The van der Waals surface area contributed by atoms with Crippen molar-refractivity contribution in [1.82, 2.24) is 4.98 Å². The van der Waals surface area contributed by atoms with Gasteiger partial charge in [-0.05, 0) is 6.07 Å². The Morgan fingerprint density at radius 1 is 1.63 bits per heavy atom. The minimum absolute atomic E-state index is 0.150. The molecule has 0 aliphatic carbocycles. The number of nitrogens with zero attached hydrogens (tertiary/aromatic N) is 2. The summed E-state index contributed by atoms with van der Waals surface area (Å²) in [7, 11) is 0. The van der Waals surface area contributed by atoms with E-state index in [1.165, 1.54) is 6.07 Å². The van der Waals surface area contributed by atoms with Gasteiger partial charge in [-0.1, -0.05) is 11.6 Å². The van der Waals surface area contributed by atoms with Crippen molar-refractivity contribution in [2.75, 3.05) is 18.0 Å². The van der Waals surface area contributed by atoms with Gasteiger partial charge in [0.1, 0.15) is 11.9 Å². The fraction of sp³-hybridized carbons (Fsp3) is 0.455. The Bertz CT molecular complexity index is 487. The van der Waals surface area contributed by atoms with Gasteiger partial charge in [-0.25, -0.2) is 18.6 Å². The molecule has 104 valence electrons. The number of alkyl halides is 2. The SMILES string of the molecule is NC(=O)OC1CCN(c2ncc(C(F)F)cc2Cl)C1. The highest BCUT2D eigenvalue weighted by atomic mass is 35.5. The van der Waals surface area contributed by atoms with Crippen molar-refractivity contribution in [3.05, 3.63) is 22.8 Å². The molecule has 0 saturated carbocycles. The molecule has 0 radical (unpaired) electrons. The van der Waals surface area contributed by atoms with Crippen LogP contribution in [0.2, 0.25) is 5.02 Å². The van der Waals surface area contributed by atoms with Gasteiger partial charge in [-0.15, -0.1) is 0 Å². The monoisotopic (exact) mass is 291 g/mol. The van der Waals surface area contributed by atoms with Crippen LogP contribution in [0.5, 0.6) is 0 Å². The molecule has 1 saturated heterocycles. The number of ether oxygens (including phenoxy) is 1. The van der Waals surface area contributed by atoms with E-state index in [2.05, 4.69) is 4.98 Å². The lowest BCUT2D eigenvalue weighted by atomic mass is 10.3. The van der Waals surface area contributed by atoms with Gasteiger partial charge in [0.15, 0.2) is 0 Å². The molecule has 1 unspecified atom stereocenters. The van der Waals surface area contributed by atoms with Crippen molar-refractivity contribution < 1.29 is 18.3 Å². The smallest absolute Gasteiger partial charge is 0.404 e. The Morgan fingerprint density at radius 3 is 2.95 bits per heavy atom. The summed E-state index contributed by atoms with van der Waals surface area (Å²) >= 11 is 5.94. The second-order valence-corrected chi connectivity index (χ2v) is 4.58. The second kappa shape index (κ2) is 5.56. The highest BCUT2D eigenvalue weighted by Crippen LogP contribution is 2.30. The highest BCUT2D eigenvalue weighted by Gasteiger charge is 2.27. The molecule has 1 aromatic rings. The molecule has 0 bridgehead atoms. The van der Waals surface area contributed by atoms with E-state index < -0.39 is 12.5 Å². The summed E-state index contributed by atoms with van der Waals surface area (Å²) in [4.78, 5) is 16.3. The van der Waals surface area contributed by atoms with Crippen LogP contribution in [0, 0.1) is 0 Å². The van der Waals surface area contributed by atoms with Crippen molar-refractivity contribution in [2.24, 2.45) is 5.73 Å². The molecule has 0 aromatic carbocycles. The predicted molar refractivity (Wildman–Crippen MR) is 65.5 cm³/mol. The zero-order chi connectivity index (χ0) is 14.0. The van der Waals surface area contributed by atoms with Gasteiger partial charge in [0, 0.05) is 24.7 Å². The average Bonchev–Trinajstić information content (AvgIpc) is 2.76. The lowest BCUT2D eigenvalue weighted by Gasteiger charge is -2.18. The van der Waals surface area contributed by atoms with Crippen molar-refractivity contribution in [1.29, 1.82) is 0 Å². The summed E-state index contributed by atoms with van der Waals surface area (Å²) in [6.45, 7) is 0.961. The summed E-state index contributed by atoms with van der Waals surface area (Å²) in [6, 6.07) is 1.19. The molecule has 1 amide bonds. The Hall–Kier alpha value is -1.63. The molecule has 5 nitrogen and oxygen atoms in total. The van der Waals surface area contributed by atoms with Crippen LogP contribution in [0.25, 0.3) is 0 Å². The van der Waals surface area contributed by atoms with E-state index in [9.17, 15) is 13.6 Å². The number of nitrogens with two attached hydrogens (primary N) is 1. The maximum atomic E-state index is 12.5. The molecule has 2 rings (SSSR count). The van der Waals surface area contributed by atoms with Gasteiger partial charge in [-0.3, -0.25) is 0 Å². The normalized spacial score (nSPS) is 18.9. The molecule has 1 fully saturated rings. The third-order valence-electron chi connectivity index (χ3n) is 2.82. The van der Waals surface area contributed by atoms with Gasteiger partial charge in [0.05, 0.1) is 11.6 Å². The first-order chi connectivity index (χ1) is 8.97. The van der Waals surface area contributed by atoms with Crippen LogP contribution in [0.4, 0.5) is 19.4 Å². The van der Waals surface area contributed by atoms with Crippen molar-refractivity contribution in [3.63, 3.8) is 0 Å². The van der Waals surface area contributed by atoms with Crippen LogP contribution in [0.1, 0.15) is 18.4 Å². The zero-order valence-corrected chi connectivity index (χ0v) is 10.6. The van der Waals surface area contributed by atoms with Gasteiger partial charge >= 0.3 is 6.09 Å². The number of hydrogen-bond donors (Lipinski definition) is 1. The number of halogens is 3. The summed E-state index contributed by atoms with van der Waals surface area (Å²) in [5, 5.41) is 0.150. The van der Waals surface area contributed by atoms with Crippen LogP contribution in [0.15, 0.2) is 12.3 Å². The number of carbonyl (C=O) groups is 1. The average molecular weight is 292 g/mol. The molecule has 1 aliphatic rings. The zero-order valence-electron chi connectivity index (χ0n) is 9.85. The van der Waals surface area contributed by atoms with Crippen LogP contribution in [0.3, 0.4) is 0 Å². The first-order valence-corrected chi connectivity index (χ1v) is 6.00. The molecular weight excluding hydrogens is 280 g/mol. The fourth-order valence-electron chi connectivity index (χ4n) is 1.98. The minimum Gasteiger partial charge on any atom is -0.444 e. The van der Waals surface area contributed by atoms with Crippen molar-refractivity contribution >= 4 is 23.5 Å². The third kappa shape index (κ3) is 3.23. The summed E-state index contributed by atoms with van der Waals surface area (Å²) in [5.74, 6) is 0.404. The molecule has 0 spiro atoms. The van der Waals surface area contributed by atoms with E-state index in [0.29, 0.717) is 25.3 Å². The second-order valence-electron chi connectivity index (χ2n) is 4.17. The van der Waals surface area contributed by atoms with E-state index in [4.69, 9.17) is 22.1 Å². The van der Waals surface area contributed by atoms with Crippen LogP contribution >= 0.6 is 11.6 Å². The number of pyridine rings is 1. The Morgan fingerprint density at radius 2 is 2.37 bits per heavy atom. The van der Waals surface area contributed by atoms with E-state index in [0.717, 1.165) is 6.20 Å². The quantitative estimate of drug-likeness (QED) is 0.928. The topological polar surface area (TPSA) is 68.5 Å². The molecule has 8 heteroatoms. The van der Waals surface area contributed by atoms with E-state index in [1.54, 1.807) is 4.90 Å². The van der Waals surface area contributed by atoms with Crippen LogP contribution in [-0.2, 0) is 4.74 Å². The molecule has 2 N–H and O–H groups in total. The maximum Gasteiger partial charge on any atom is 0.404 e. The first kappa shape index (κ1) is 13.8. The van der Waals surface area contributed by atoms with E-state index in [1.807, 2.05) is 0 Å². The van der Waals surface area contributed by atoms with Crippen molar-refractivity contribution in [2.45, 2.75) is 19.0 Å². The highest BCUT2D eigenvalue weighted by molar-refractivity contribution is 6.33. The number of hydrogen-bond acceptors (Lipinski definition) is 4. The number of anilines is 1. The Kier molecular flexibility index (Phi) is 4.04. The van der Waals surface area contributed by atoms with Gasteiger partial charge in [-0.2, -0.15) is 0 Å². The van der Waals surface area contributed by atoms with Gasteiger partial charge < -0.3 is 15.4 Å². The minimum atomic E-state index is -2.61. The standard InChI is InChI=1S/C11H12ClF2N3O2/c12-8-3-6(9(13)14)4-16-10(8)17-2-1-7(5-17)19-11(15)18/h3-4,7,9H,1-2,5H2,(H2,15,18). The molecule has 19 heavy (non-hydrogen) atoms. The third-order valence-corrected chi connectivity index (χ3v) is 3.10. The first-order valence-electron chi connectivity index (χ1n) is 5.62. The molecular formula is C11H12ClF2N3O2. The largest absolute Gasteiger partial charge is 0.444 e. The Labute approximate surface area is 113 Å². The summed E-state index contributed by atoms with van der Waals surface area (Å²) in [6.07, 6.45) is -2.08. The lowest BCUT2D eigenvalue weighted by molar-refractivity contribution is 0.117. The Balaban J connectivity index is 2.09. The predicted octanol–water partition coefficient (Wildman–Crippen LogP) is 2.35. The number of carbonyl (C=O) groups excluding carboxylic acids is 1. The lowest BCUT2D eigenvalue weighted by Crippen LogP contribution is -2.27. The summed E-state index contributed by atoms with van der Waals surface area (Å²) in [5.41, 5.74) is 4.71. The van der Waals surface area contributed by atoms with Crippen LogP contribution in [-0.4, -0.2) is 30.3 Å². The van der Waals surface area contributed by atoms with Crippen LogP contribution < -0.4 is 10.6 Å². The fourth-order valence-corrected chi connectivity index (χ4v) is 2.27. The molecule has 1 aromatic heterocycles. The van der Waals surface area contributed by atoms with E-state index in [-0.39, 0.29) is 16.7 Å². The van der Waals surface area contributed by atoms with E-state index >= 15 is 0 Å². The number of rotatable bonds is 3. The summed E-state index contributed by atoms with van der Waals surface area (Å²) < 4.78 is 29.8. The maximum absolute atomic E-state index is 12.5.